The van der Waals surface area contributed by atoms with Gasteiger partial charge in [-0.3, -0.25) is 9.59 Å². The quantitative estimate of drug-likeness (QED) is 0.431. The monoisotopic (exact) mass is 421 g/mol. The van der Waals surface area contributed by atoms with Gasteiger partial charge in [-0.25, -0.2) is 8.78 Å². The number of anilines is 1. The molecule has 0 radical (unpaired) electrons. The summed E-state index contributed by atoms with van der Waals surface area (Å²) in [6, 6.07) is 16.2. The van der Waals surface area contributed by atoms with Crippen LogP contribution in [0.25, 0.3) is 11.0 Å². The Hall–Kier alpha value is -4.00. The van der Waals surface area contributed by atoms with Gasteiger partial charge in [-0.1, -0.05) is 24.3 Å². The molecule has 0 atom stereocenters. The molecule has 1 heterocycles. The van der Waals surface area contributed by atoms with E-state index in [2.05, 4.69) is 5.32 Å². The van der Waals surface area contributed by atoms with Gasteiger partial charge in [0.25, 0.3) is 5.91 Å². The Morgan fingerprint density at radius 1 is 1.00 bits per heavy atom. The molecule has 0 bridgehead atoms. The van der Waals surface area contributed by atoms with Gasteiger partial charge in [-0.2, -0.15) is 0 Å². The summed E-state index contributed by atoms with van der Waals surface area (Å²) in [5.41, 5.74) is 1.08. The van der Waals surface area contributed by atoms with Crippen molar-refractivity contribution in [2.24, 2.45) is 0 Å². The number of fused-ring (bicyclic) bond motifs is 1. The van der Waals surface area contributed by atoms with Crippen LogP contribution in [-0.4, -0.2) is 18.3 Å². The molecule has 0 aliphatic carbocycles. The Morgan fingerprint density at radius 3 is 2.48 bits per heavy atom. The third-order valence-corrected chi connectivity index (χ3v) is 4.68. The summed E-state index contributed by atoms with van der Waals surface area (Å²) in [5.74, 6) is -1.83. The summed E-state index contributed by atoms with van der Waals surface area (Å²) in [6.45, 7) is 1.23. The number of para-hydroxylation sites is 1. The van der Waals surface area contributed by atoms with E-state index in [-0.39, 0.29) is 23.6 Å². The van der Waals surface area contributed by atoms with Crippen LogP contribution in [0.1, 0.15) is 21.7 Å². The molecule has 0 fully saturated rings. The maximum atomic E-state index is 14.0. The number of amides is 1. The first-order chi connectivity index (χ1) is 14.9. The minimum atomic E-state index is -0.565. The fourth-order valence-corrected chi connectivity index (χ4v) is 3.05. The molecular formula is C24H17F2NO4. The van der Waals surface area contributed by atoms with Crippen LogP contribution in [0.15, 0.2) is 71.1 Å². The number of carbonyl (C=O) groups excluding carboxylic acids is 2. The predicted octanol–water partition coefficient (Wildman–Crippen LogP) is 5.27. The third-order valence-electron chi connectivity index (χ3n) is 4.68. The van der Waals surface area contributed by atoms with E-state index in [1.807, 2.05) is 0 Å². The lowest BCUT2D eigenvalue weighted by atomic mass is 10.0. The number of carbonyl (C=O) groups is 2. The van der Waals surface area contributed by atoms with Crippen molar-refractivity contribution in [2.75, 3.05) is 11.9 Å². The van der Waals surface area contributed by atoms with Crippen LogP contribution in [0.2, 0.25) is 0 Å². The van der Waals surface area contributed by atoms with E-state index in [0.29, 0.717) is 22.3 Å². The third kappa shape index (κ3) is 4.30. The summed E-state index contributed by atoms with van der Waals surface area (Å²) in [5, 5.41) is 3.17. The molecule has 7 heteroatoms. The van der Waals surface area contributed by atoms with Crippen LogP contribution < -0.4 is 10.1 Å². The van der Waals surface area contributed by atoms with Crippen molar-refractivity contribution in [1.82, 2.24) is 0 Å². The highest BCUT2D eigenvalue weighted by Crippen LogP contribution is 2.32. The van der Waals surface area contributed by atoms with Gasteiger partial charge >= 0.3 is 0 Å². The zero-order valence-corrected chi connectivity index (χ0v) is 16.4. The summed E-state index contributed by atoms with van der Waals surface area (Å²) < 4.78 is 38.0. The topological polar surface area (TPSA) is 68.5 Å². The predicted molar refractivity (Wildman–Crippen MR) is 111 cm³/mol. The first-order valence-corrected chi connectivity index (χ1v) is 9.43. The number of benzene rings is 3. The molecule has 31 heavy (non-hydrogen) atoms. The number of aryl methyl sites for hydroxylation is 1. The molecule has 5 nitrogen and oxygen atoms in total. The molecule has 4 aromatic rings. The summed E-state index contributed by atoms with van der Waals surface area (Å²) in [7, 11) is 0. The highest BCUT2D eigenvalue weighted by Gasteiger charge is 2.24. The van der Waals surface area contributed by atoms with Crippen molar-refractivity contribution in [3.63, 3.8) is 0 Å². The first kappa shape index (κ1) is 20.3. The number of halogens is 2. The second-order valence-corrected chi connectivity index (χ2v) is 6.89. The lowest BCUT2D eigenvalue weighted by molar-refractivity contribution is -0.118. The fraction of sp³-hybridized carbons (Fsp3) is 0.0833. The fourth-order valence-electron chi connectivity index (χ4n) is 3.05. The standard InChI is InChI=1S/C24H17F2NO4/c1-14-6-7-15(12-19(14)26)23(29)24-22(18-4-2-3-5-20(18)31-24)27-21(28)13-30-17-10-8-16(25)9-11-17/h2-12H,13H2,1H3,(H,27,28). The number of ether oxygens (including phenoxy) is 1. The summed E-state index contributed by atoms with van der Waals surface area (Å²) >= 11 is 0. The minimum Gasteiger partial charge on any atom is -0.484 e. The molecule has 3 aromatic carbocycles. The van der Waals surface area contributed by atoms with Gasteiger partial charge in [-0.15, -0.1) is 0 Å². The Kier molecular flexibility index (Phi) is 5.49. The van der Waals surface area contributed by atoms with Crippen LogP contribution in [0, 0.1) is 18.6 Å². The molecule has 0 spiro atoms. The van der Waals surface area contributed by atoms with Crippen molar-refractivity contribution in [3.05, 3.63) is 95.3 Å². The molecule has 4 rings (SSSR count). The van der Waals surface area contributed by atoms with Crippen molar-refractivity contribution in [2.45, 2.75) is 6.92 Å². The van der Waals surface area contributed by atoms with Gasteiger partial charge in [0.15, 0.2) is 12.4 Å². The van der Waals surface area contributed by atoms with E-state index in [1.165, 1.54) is 36.4 Å². The molecule has 0 unspecified atom stereocenters. The number of hydrogen-bond acceptors (Lipinski definition) is 4. The Bertz CT molecular complexity index is 1280. The average Bonchev–Trinajstić information content (AvgIpc) is 3.13. The maximum absolute atomic E-state index is 14.0. The minimum absolute atomic E-state index is 0.0974. The van der Waals surface area contributed by atoms with Crippen LogP contribution in [-0.2, 0) is 4.79 Å². The number of nitrogens with one attached hydrogen (secondary N) is 1. The Balaban J connectivity index is 1.61. The smallest absolute Gasteiger partial charge is 0.262 e. The van der Waals surface area contributed by atoms with E-state index >= 15 is 0 Å². The number of rotatable bonds is 6. The Morgan fingerprint density at radius 2 is 1.74 bits per heavy atom. The molecule has 0 aliphatic heterocycles. The molecule has 1 amide bonds. The molecule has 0 aliphatic rings. The van der Waals surface area contributed by atoms with Gasteiger partial charge in [-0.05, 0) is 55.0 Å². The average molecular weight is 421 g/mol. The van der Waals surface area contributed by atoms with E-state index in [1.54, 1.807) is 31.2 Å². The highest BCUT2D eigenvalue weighted by atomic mass is 19.1. The van der Waals surface area contributed by atoms with E-state index < -0.39 is 23.3 Å². The Labute approximate surface area is 176 Å². The number of ketones is 1. The van der Waals surface area contributed by atoms with Gasteiger partial charge < -0.3 is 14.5 Å². The van der Waals surface area contributed by atoms with Crippen LogP contribution in [0.5, 0.6) is 5.75 Å². The van der Waals surface area contributed by atoms with Crippen molar-refractivity contribution in [1.29, 1.82) is 0 Å². The highest BCUT2D eigenvalue weighted by molar-refractivity contribution is 6.17. The number of hydrogen-bond donors (Lipinski definition) is 1. The van der Waals surface area contributed by atoms with Gasteiger partial charge in [0.2, 0.25) is 5.78 Å². The van der Waals surface area contributed by atoms with Gasteiger partial charge in [0.05, 0.1) is 5.69 Å². The second-order valence-electron chi connectivity index (χ2n) is 6.89. The molecular weight excluding hydrogens is 404 g/mol. The normalized spacial score (nSPS) is 10.8. The first-order valence-electron chi connectivity index (χ1n) is 9.43. The van der Waals surface area contributed by atoms with E-state index in [9.17, 15) is 18.4 Å². The SMILES string of the molecule is Cc1ccc(C(=O)c2oc3ccccc3c2NC(=O)COc2ccc(F)cc2)cc1F. The zero-order chi connectivity index (χ0) is 22.0. The molecule has 0 saturated heterocycles. The lowest BCUT2D eigenvalue weighted by Gasteiger charge is -2.08. The number of furan rings is 1. The maximum Gasteiger partial charge on any atom is 0.262 e. The second kappa shape index (κ2) is 8.39. The van der Waals surface area contributed by atoms with E-state index in [0.717, 1.165) is 6.07 Å². The summed E-state index contributed by atoms with van der Waals surface area (Å²) in [4.78, 5) is 25.5. The van der Waals surface area contributed by atoms with E-state index in [4.69, 9.17) is 9.15 Å². The van der Waals surface area contributed by atoms with Crippen LogP contribution in [0.3, 0.4) is 0 Å². The largest absolute Gasteiger partial charge is 0.484 e. The lowest BCUT2D eigenvalue weighted by Crippen LogP contribution is -2.21. The van der Waals surface area contributed by atoms with Crippen molar-refractivity contribution in [3.8, 4) is 5.75 Å². The zero-order valence-electron chi connectivity index (χ0n) is 16.4. The van der Waals surface area contributed by atoms with Crippen molar-refractivity contribution < 1.29 is 27.5 Å². The van der Waals surface area contributed by atoms with Crippen LogP contribution >= 0.6 is 0 Å². The molecule has 156 valence electrons. The van der Waals surface area contributed by atoms with Gasteiger partial charge in [0.1, 0.15) is 23.0 Å². The van der Waals surface area contributed by atoms with Crippen molar-refractivity contribution >= 4 is 28.3 Å². The summed E-state index contributed by atoms with van der Waals surface area (Å²) in [6.07, 6.45) is 0. The van der Waals surface area contributed by atoms with Crippen LogP contribution in [0.4, 0.5) is 14.5 Å². The van der Waals surface area contributed by atoms with Gasteiger partial charge in [0, 0.05) is 10.9 Å². The molecule has 1 aromatic heterocycles. The molecule has 0 saturated carbocycles. The molecule has 1 N–H and O–H groups in total.